The van der Waals surface area contributed by atoms with E-state index in [1.165, 1.54) is 24.8 Å². The molecule has 21 heavy (non-hydrogen) atoms. The van der Waals surface area contributed by atoms with Crippen LogP contribution in [0.4, 0.5) is 0 Å². The number of hydrogen-bond acceptors (Lipinski definition) is 2. The summed E-state index contributed by atoms with van der Waals surface area (Å²) in [5, 5.41) is 8.10. The van der Waals surface area contributed by atoms with Crippen LogP contribution in [0.25, 0.3) is 11.3 Å². The lowest BCUT2D eigenvalue weighted by Crippen LogP contribution is -1.85. The van der Waals surface area contributed by atoms with Crippen molar-refractivity contribution in [2.75, 3.05) is 0 Å². The van der Waals surface area contributed by atoms with Crippen LogP contribution in [0.3, 0.4) is 0 Å². The van der Waals surface area contributed by atoms with E-state index in [0.29, 0.717) is 5.92 Å². The highest BCUT2D eigenvalue weighted by Crippen LogP contribution is 2.28. The molecule has 1 saturated carbocycles. The van der Waals surface area contributed by atoms with Crippen molar-refractivity contribution in [2.45, 2.75) is 40.0 Å². The molecule has 1 aliphatic carbocycles. The van der Waals surface area contributed by atoms with Crippen molar-refractivity contribution in [1.29, 1.82) is 0 Å². The van der Waals surface area contributed by atoms with E-state index in [1.54, 1.807) is 4.68 Å². The molecular formula is C18H23N3. The third kappa shape index (κ3) is 4.46. The fraction of sp³-hybridized carbons (Fsp3) is 0.444. The van der Waals surface area contributed by atoms with Crippen molar-refractivity contribution in [3.63, 3.8) is 0 Å². The van der Waals surface area contributed by atoms with Crippen LogP contribution in [-0.2, 0) is 7.05 Å². The van der Waals surface area contributed by atoms with Gasteiger partial charge in [-0.1, -0.05) is 43.4 Å². The summed E-state index contributed by atoms with van der Waals surface area (Å²) in [6.07, 6.45) is 5.71. The number of aromatic nitrogens is 3. The maximum Gasteiger partial charge on any atom is 0.113 e. The Morgan fingerprint density at radius 2 is 2.00 bits per heavy atom. The lowest BCUT2D eigenvalue weighted by Gasteiger charge is -2.02. The molecule has 0 radical (unpaired) electrons. The van der Waals surface area contributed by atoms with Gasteiger partial charge < -0.3 is 0 Å². The molecule has 0 aliphatic heterocycles. The second-order valence-corrected chi connectivity index (χ2v) is 5.56. The first-order chi connectivity index (χ1) is 10.1. The van der Waals surface area contributed by atoms with Gasteiger partial charge in [-0.2, -0.15) is 0 Å². The SMILES string of the molecule is CCC.Cc1cc(C#CC2CC2)ccc1-c1cn(C)nn1. The Morgan fingerprint density at radius 1 is 1.29 bits per heavy atom. The van der Waals surface area contributed by atoms with E-state index in [0.717, 1.165) is 16.8 Å². The van der Waals surface area contributed by atoms with Crippen molar-refractivity contribution in [2.24, 2.45) is 13.0 Å². The fourth-order valence-corrected chi connectivity index (χ4v) is 1.91. The maximum atomic E-state index is 4.14. The summed E-state index contributed by atoms with van der Waals surface area (Å²) in [7, 11) is 1.88. The lowest BCUT2D eigenvalue weighted by atomic mass is 10.0. The Morgan fingerprint density at radius 3 is 2.52 bits per heavy atom. The summed E-state index contributed by atoms with van der Waals surface area (Å²) < 4.78 is 1.72. The van der Waals surface area contributed by atoms with Gasteiger partial charge in [-0.15, -0.1) is 5.10 Å². The molecule has 1 heterocycles. The minimum atomic E-state index is 0.643. The summed E-state index contributed by atoms with van der Waals surface area (Å²) in [6.45, 7) is 6.34. The largest absolute Gasteiger partial charge is 0.255 e. The van der Waals surface area contributed by atoms with Gasteiger partial charge in [0.05, 0.1) is 6.20 Å². The minimum Gasteiger partial charge on any atom is -0.255 e. The van der Waals surface area contributed by atoms with Gasteiger partial charge in [0.15, 0.2) is 0 Å². The van der Waals surface area contributed by atoms with E-state index in [4.69, 9.17) is 0 Å². The van der Waals surface area contributed by atoms with Crippen LogP contribution in [0, 0.1) is 24.7 Å². The Bertz CT molecular complexity index is 655. The Balaban J connectivity index is 0.000000497. The van der Waals surface area contributed by atoms with Crippen molar-refractivity contribution < 1.29 is 0 Å². The summed E-state index contributed by atoms with van der Waals surface area (Å²) in [5.74, 6) is 7.16. The average Bonchev–Trinajstić information content (AvgIpc) is 3.18. The molecule has 1 aromatic carbocycles. The zero-order valence-corrected chi connectivity index (χ0v) is 13.3. The molecule has 3 heteroatoms. The predicted molar refractivity (Wildman–Crippen MR) is 86.7 cm³/mol. The third-order valence-corrected chi connectivity index (χ3v) is 3.10. The highest BCUT2D eigenvalue weighted by Gasteiger charge is 2.17. The molecule has 2 aromatic rings. The molecule has 3 nitrogen and oxygen atoms in total. The van der Waals surface area contributed by atoms with Crippen LogP contribution in [0.1, 0.15) is 44.2 Å². The number of nitrogens with zero attached hydrogens (tertiary/aromatic N) is 3. The summed E-state index contributed by atoms with van der Waals surface area (Å²) in [4.78, 5) is 0. The number of rotatable bonds is 1. The van der Waals surface area contributed by atoms with Crippen LogP contribution < -0.4 is 0 Å². The Labute approximate surface area is 127 Å². The maximum absolute atomic E-state index is 4.14. The van der Waals surface area contributed by atoms with Crippen LogP contribution in [0.15, 0.2) is 24.4 Å². The first kappa shape index (κ1) is 15.3. The van der Waals surface area contributed by atoms with E-state index < -0.39 is 0 Å². The molecule has 110 valence electrons. The summed E-state index contributed by atoms with van der Waals surface area (Å²) in [6, 6.07) is 6.27. The van der Waals surface area contributed by atoms with Crippen LogP contribution in [-0.4, -0.2) is 15.0 Å². The smallest absolute Gasteiger partial charge is 0.113 e. The number of benzene rings is 1. The molecule has 0 unspecified atom stereocenters. The quantitative estimate of drug-likeness (QED) is 0.741. The van der Waals surface area contributed by atoms with Gasteiger partial charge in [0.2, 0.25) is 0 Å². The molecule has 0 saturated heterocycles. The highest BCUT2D eigenvalue weighted by molar-refractivity contribution is 5.64. The van der Waals surface area contributed by atoms with Crippen LogP contribution >= 0.6 is 0 Å². The number of aryl methyl sites for hydroxylation is 2. The van der Waals surface area contributed by atoms with Gasteiger partial charge in [-0.25, -0.2) is 0 Å². The summed E-state index contributed by atoms with van der Waals surface area (Å²) in [5.41, 5.74) is 4.32. The number of hydrogen-bond donors (Lipinski definition) is 0. The van der Waals surface area contributed by atoms with E-state index in [2.05, 4.69) is 61.1 Å². The average molecular weight is 281 g/mol. The third-order valence-electron chi connectivity index (χ3n) is 3.10. The van der Waals surface area contributed by atoms with E-state index in [9.17, 15) is 0 Å². The normalized spacial score (nSPS) is 13.0. The first-order valence-electron chi connectivity index (χ1n) is 7.63. The molecular weight excluding hydrogens is 258 g/mol. The molecule has 1 aromatic heterocycles. The molecule has 0 atom stereocenters. The molecule has 0 spiro atoms. The first-order valence-corrected chi connectivity index (χ1v) is 7.63. The molecule has 1 fully saturated rings. The monoisotopic (exact) mass is 281 g/mol. The van der Waals surface area contributed by atoms with E-state index >= 15 is 0 Å². The summed E-state index contributed by atoms with van der Waals surface area (Å²) >= 11 is 0. The van der Waals surface area contributed by atoms with Gasteiger partial charge in [0.1, 0.15) is 5.69 Å². The zero-order chi connectivity index (χ0) is 15.2. The molecule has 1 aliphatic rings. The van der Waals surface area contributed by atoms with Gasteiger partial charge in [-0.3, -0.25) is 4.68 Å². The van der Waals surface area contributed by atoms with Crippen LogP contribution in [0.5, 0.6) is 0 Å². The molecule has 0 amide bonds. The zero-order valence-electron chi connectivity index (χ0n) is 13.3. The predicted octanol–water partition coefficient (Wildman–Crippen LogP) is 3.97. The fourth-order valence-electron chi connectivity index (χ4n) is 1.91. The second kappa shape index (κ2) is 7.08. The Hall–Kier alpha value is -2.08. The molecule has 0 bridgehead atoms. The van der Waals surface area contributed by atoms with E-state index in [-0.39, 0.29) is 0 Å². The van der Waals surface area contributed by atoms with Crippen molar-refractivity contribution in [1.82, 2.24) is 15.0 Å². The standard InChI is InChI=1S/C15H15N3.C3H8/c1-11-9-13(6-5-12-3-4-12)7-8-14(11)15-10-18(2)17-16-15;1-3-2/h7-10,12H,3-4H2,1-2H3;3H2,1-2H3. The van der Waals surface area contributed by atoms with Gasteiger partial charge in [0, 0.05) is 24.1 Å². The van der Waals surface area contributed by atoms with Gasteiger partial charge >= 0.3 is 0 Å². The van der Waals surface area contributed by atoms with Crippen LogP contribution in [0.2, 0.25) is 0 Å². The molecule has 3 rings (SSSR count). The topological polar surface area (TPSA) is 30.7 Å². The lowest BCUT2D eigenvalue weighted by molar-refractivity contribution is 0.715. The molecule has 0 N–H and O–H groups in total. The second-order valence-electron chi connectivity index (χ2n) is 5.56. The van der Waals surface area contributed by atoms with Gasteiger partial charge in [-0.05, 0) is 37.5 Å². The van der Waals surface area contributed by atoms with Crippen molar-refractivity contribution in [3.8, 4) is 23.1 Å². The van der Waals surface area contributed by atoms with Crippen molar-refractivity contribution >= 4 is 0 Å². The van der Waals surface area contributed by atoms with E-state index in [1.807, 2.05) is 13.2 Å². The van der Waals surface area contributed by atoms with Gasteiger partial charge in [0.25, 0.3) is 0 Å². The Kier molecular flexibility index (Phi) is 5.16. The minimum absolute atomic E-state index is 0.643. The van der Waals surface area contributed by atoms with Crippen molar-refractivity contribution in [3.05, 3.63) is 35.5 Å². The highest BCUT2D eigenvalue weighted by atomic mass is 15.4.